The molecule has 2 aliphatic carbocycles. The number of carbonyl (C=O) groups is 3. The number of nitrogens with one attached hydrogen (secondary N) is 1. The van der Waals surface area contributed by atoms with E-state index in [1.165, 1.54) is 4.90 Å². The SMILES string of the molecule is CC(CC(=O)N(CC(=O)O)C1CCCC1)NC(=O)OCC1c2ccccc2-c2ccccc21. The van der Waals surface area contributed by atoms with E-state index in [0.29, 0.717) is 0 Å². The minimum Gasteiger partial charge on any atom is -0.480 e. The van der Waals surface area contributed by atoms with Crippen LogP contribution in [-0.4, -0.2) is 53.2 Å². The molecule has 174 valence electrons. The molecule has 2 aliphatic rings. The normalized spacial score (nSPS) is 16.0. The Bertz CT molecular complexity index is 985. The van der Waals surface area contributed by atoms with E-state index in [9.17, 15) is 19.5 Å². The highest BCUT2D eigenvalue weighted by Gasteiger charge is 2.31. The van der Waals surface area contributed by atoms with Crippen molar-refractivity contribution in [2.75, 3.05) is 13.2 Å². The summed E-state index contributed by atoms with van der Waals surface area (Å²) in [6.45, 7) is 1.63. The number of carboxylic acids is 1. The molecule has 1 atom stereocenters. The summed E-state index contributed by atoms with van der Waals surface area (Å²) in [6.07, 6.45) is 3.11. The van der Waals surface area contributed by atoms with Gasteiger partial charge in [-0.2, -0.15) is 0 Å². The molecule has 1 saturated carbocycles. The van der Waals surface area contributed by atoms with Crippen molar-refractivity contribution in [3.05, 3.63) is 59.7 Å². The number of rotatable bonds is 8. The lowest BCUT2D eigenvalue weighted by Gasteiger charge is -2.28. The number of alkyl carbamates (subject to hydrolysis) is 1. The Morgan fingerprint density at radius 1 is 1.03 bits per heavy atom. The Kier molecular flexibility index (Phi) is 6.96. The number of amides is 2. The number of carbonyl (C=O) groups excluding carboxylic acids is 2. The average molecular weight is 451 g/mol. The molecule has 2 amide bonds. The summed E-state index contributed by atoms with van der Waals surface area (Å²) in [6, 6.07) is 15.8. The fourth-order valence-electron chi connectivity index (χ4n) is 5.05. The molecule has 2 N–H and O–H groups in total. The van der Waals surface area contributed by atoms with Crippen LogP contribution in [0, 0.1) is 0 Å². The van der Waals surface area contributed by atoms with Crippen molar-refractivity contribution < 1.29 is 24.2 Å². The molecule has 0 heterocycles. The van der Waals surface area contributed by atoms with Crippen molar-refractivity contribution in [3.8, 4) is 11.1 Å². The summed E-state index contributed by atoms with van der Waals surface area (Å²) in [7, 11) is 0. The highest BCUT2D eigenvalue weighted by atomic mass is 16.5. The van der Waals surface area contributed by atoms with Crippen LogP contribution in [0.3, 0.4) is 0 Å². The van der Waals surface area contributed by atoms with Crippen molar-refractivity contribution in [1.82, 2.24) is 10.2 Å². The van der Waals surface area contributed by atoms with Crippen LogP contribution < -0.4 is 5.32 Å². The van der Waals surface area contributed by atoms with Gasteiger partial charge in [0.05, 0.1) is 0 Å². The first-order valence-corrected chi connectivity index (χ1v) is 11.6. The fourth-order valence-corrected chi connectivity index (χ4v) is 5.05. The molecule has 1 unspecified atom stereocenters. The lowest BCUT2D eigenvalue weighted by atomic mass is 9.98. The standard InChI is InChI=1S/C26H30N2O5/c1-17(14-24(29)28(15-25(30)31)18-8-2-3-9-18)27-26(32)33-16-23-21-12-6-4-10-19(21)20-11-5-7-13-22(20)23/h4-7,10-13,17-18,23H,2-3,8-9,14-16H2,1H3,(H,27,32)(H,30,31). The van der Waals surface area contributed by atoms with E-state index in [1.54, 1.807) is 6.92 Å². The van der Waals surface area contributed by atoms with Crippen LogP contribution in [0.5, 0.6) is 0 Å². The smallest absolute Gasteiger partial charge is 0.407 e. The minimum atomic E-state index is -1.02. The van der Waals surface area contributed by atoms with Gasteiger partial charge in [-0.25, -0.2) is 4.79 Å². The summed E-state index contributed by atoms with van der Waals surface area (Å²) >= 11 is 0. The average Bonchev–Trinajstić information content (AvgIpc) is 3.42. The van der Waals surface area contributed by atoms with Gasteiger partial charge in [-0.1, -0.05) is 61.4 Å². The molecular formula is C26H30N2O5. The summed E-state index contributed by atoms with van der Waals surface area (Å²) in [5.41, 5.74) is 4.59. The number of aliphatic carboxylic acids is 1. The van der Waals surface area contributed by atoms with Crippen LogP contribution in [0.1, 0.15) is 56.1 Å². The third-order valence-electron chi connectivity index (χ3n) is 6.58. The monoisotopic (exact) mass is 450 g/mol. The van der Waals surface area contributed by atoms with E-state index in [0.717, 1.165) is 47.9 Å². The predicted molar refractivity (Wildman–Crippen MR) is 124 cm³/mol. The summed E-state index contributed by atoms with van der Waals surface area (Å²) in [5.74, 6) is -1.31. The lowest BCUT2D eigenvalue weighted by molar-refractivity contribution is -0.146. The maximum absolute atomic E-state index is 12.8. The molecule has 4 rings (SSSR count). The molecule has 7 heteroatoms. The van der Waals surface area contributed by atoms with Gasteiger partial charge in [0, 0.05) is 24.4 Å². The van der Waals surface area contributed by atoms with Crippen LogP contribution in [0.25, 0.3) is 11.1 Å². The lowest BCUT2D eigenvalue weighted by Crippen LogP contribution is -2.45. The van der Waals surface area contributed by atoms with Gasteiger partial charge < -0.3 is 20.1 Å². The van der Waals surface area contributed by atoms with E-state index in [4.69, 9.17) is 4.74 Å². The van der Waals surface area contributed by atoms with Crippen LogP contribution >= 0.6 is 0 Å². The number of hydrogen-bond acceptors (Lipinski definition) is 4. The highest BCUT2D eigenvalue weighted by Crippen LogP contribution is 2.44. The molecule has 0 saturated heterocycles. The second-order valence-electron chi connectivity index (χ2n) is 8.93. The first-order chi connectivity index (χ1) is 15.9. The zero-order chi connectivity index (χ0) is 23.4. The number of hydrogen-bond donors (Lipinski definition) is 2. The van der Waals surface area contributed by atoms with Crippen LogP contribution in [0.15, 0.2) is 48.5 Å². The van der Waals surface area contributed by atoms with Crippen LogP contribution in [0.4, 0.5) is 4.79 Å². The third-order valence-corrected chi connectivity index (χ3v) is 6.58. The summed E-state index contributed by atoms with van der Waals surface area (Å²) < 4.78 is 5.55. The quantitative estimate of drug-likeness (QED) is 0.630. The van der Waals surface area contributed by atoms with Crippen molar-refractivity contribution in [2.45, 2.75) is 57.0 Å². The minimum absolute atomic E-state index is 0.0322. The number of nitrogens with zero attached hydrogens (tertiary/aromatic N) is 1. The fraction of sp³-hybridized carbons (Fsp3) is 0.423. The van der Waals surface area contributed by atoms with E-state index >= 15 is 0 Å². The second-order valence-corrected chi connectivity index (χ2v) is 8.93. The Labute approximate surface area is 193 Å². The molecule has 0 aliphatic heterocycles. The number of benzene rings is 2. The van der Waals surface area contributed by atoms with E-state index < -0.39 is 18.1 Å². The Hall–Kier alpha value is -3.35. The van der Waals surface area contributed by atoms with Crippen molar-refractivity contribution in [3.63, 3.8) is 0 Å². The maximum Gasteiger partial charge on any atom is 0.407 e. The molecular weight excluding hydrogens is 420 g/mol. The van der Waals surface area contributed by atoms with Gasteiger partial charge in [-0.05, 0) is 42.0 Å². The van der Waals surface area contributed by atoms with Crippen molar-refractivity contribution >= 4 is 18.0 Å². The molecule has 2 aromatic rings. The largest absolute Gasteiger partial charge is 0.480 e. The maximum atomic E-state index is 12.8. The second kappa shape index (κ2) is 10.1. The molecule has 0 radical (unpaired) electrons. The Morgan fingerprint density at radius 3 is 2.18 bits per heavy atom. The molecule has 1 fully saturated rings. The van der Waals surface area contributed by atoms with Crippen LogP contribution in [0.2, 0.25) is 0 Å². The first kappa shape index (κ1) is 22.8. The van der Waals surface area contributed by atoms with Gasteiger partial charge in [0.2, 0.25) is 5.91 Å². The summed E-state index contributed by atoms with van der Waals surface area (Å²) in [4.78, 5) is 37.9. The number of carboxylic acid groups (broad SMARTS) is 1. The van der Waals surface area contributed by atoms with E-state index in [-0.39, 0.29) is 37.4 Å². The molecule has 0 spiro atoms. The molecule has 33 heavy (non-hydrogen) atoms. The van der Waals surface area contributed by atoms with Crippen molar-refractivity contribution in [1.29, 1.82) is 0 Å². The Balaban J connectivity index is 1.32. The topological polar surface area (TPSA) is 95.9 Å². The number of ether oxygens (including phenoxy) is 1. The van der Waals surface area contributed by atoms with Gasteiger partial charge in [0.25, 0.3) is 0 Å². The van der Waals surface area contributed by atoms with E-state index in [1.807, 2.05) is 24.3 Å². The van der Waals surface area contributed by atoms with E-state index in [2.05, 4.69) is 29.6 Å². The number of fused-ring (bicyclic) bond motifs is 3. The van der Waals surface area contributed by atoms with Gasteiger partial charge in [-0.15, -0.1) is 0 Å². The molecule has 7 nitrogen and oxygen atoms in total. The first-order valence-electron chi connectivity index (χ1n) is 11.6. The molecule has 0 bridgehead atoms. The molecule has 0 aromatic heterocycles. The highest BCUT2D eigenvalue weighted by molar-refractivity contribution is 5.83. The van der Waals surface area contributed by atoms with Gasteiger partial charge in [-0.3, -0.25) is 9.59 Å². The zero-order valence-corrected chi connectivity index (χ0v) is 18.8. The third kappa shape index (κ3) is 5.18. The van der Waals surface area contributed by atoms with Gasteiger partial charge >= 0.3 is 12.1 Å². The van der Waals surface area contributed by atoms with Gasteiger partial charge in [0.15, 0.2) is 0 Å². The zero-order valence-electron chi connectivity index (χ0n) is 18.8. The predicted octanol–water partition coefficient (Wildman–Crippen LogP) is 4.16. The van der Waals surface area contributed by atoms with Crippen molar-refractivity contribution in [2.24, 2.45) is 0 Å². The summed E-state index contributed by atoms with van der Waals surface area (Å²) in [5, 5.41) is 11.9. The molecule has 2 aromatic carbocycles. The Morgan fingerprint density at radius 2 is 1.61 bits per heavy atom. The van der Waals surface area contributed by atoms with Crippen LogP contribution in [-0.2, 0) is 14.3 Å². The van der Waals surface area contributed by atoms with Gasteiger partial charge in [0.1, 0.15) is 13.2 Å².